The molecular formula is C9H16O4. The molecule has 0 bridgehead atoms. The van der Waals surface area contributed by atoms with E-state index in [-0.39, 0.29) is 25.8 Å². The van der Waals surface area contributed by atoms with Crippen molar-refractivity contribution in [3.8, 4) is 0 Å². The lowest BCUT2D eigenvalue weighted by atomic mass is 10.2. The average molecular weight is 188 g/mol. The van der Waals surface area contributed by atoms with Gasteiger partial charge < -0.3 is 14.6 Å². The van der Waals surface area contributed by atoms with Gasteiger partial charge in [-0.1, -0.05) is 13.5 Å². The Hall–Kier alpha value is -0.870. The molecule has 0 atom stereocenters. The normalized spacial score (nSPS) is 9.69. The van der Waals surface area contributed by atoms with Crippen LogP contribution in [0.15, 0.2) is 12.2 Å². The zero-order chi connectivity index (χ0) is 10.1. The van der Waals surface area contributed by atoms with Gasteiger partial charge in [0.1, 0.15) is 6.61 Å². The molecule has 0 aliphatic rings. The van der Waals surface area contributed by atoms with E-state index in [4.69, 9.17) is 14.6 Å². The van der Waals surface area contributed by atoms with E-state index in [1.165, 1.54) is 0 Å². The fraction of sp³-hybridized carbons (Fsp3) is 0.667. The minimum Gasteiger partial charge on any atom is -0.460 e. The topological polar surface area (TPSA) is 55.8 Å². The third kappa shape index (κ3) is 6.31. The predicted molar refractivity (Wildman–Crippen MR) is 48.3 cm³/mol. The lowest BCUT2D eigenvalue weighted by Crippen LogP contribution is -2.12. The molecule has 0 saturated heterocycles. The van der Waals surface area contributed by atoms with Crippen molar-refractivity contribution in [1.82, 2.24) is 0 Å². The zero-order valence-electron chi connectivity index (χ0n) is 7.91. The SMILES string of the molecule is C=C(CC)C(=O)OCCOCCO. The zero-order valence-corrected chi connectivity index (χ0v) is 7.91. The molecule has 0 aliphatic carbocycles. The molecule has 0 heterocycles. The number of hydrogen-bond acceptors (Lipinski definition) is 4. The molecule has 1 N–H and O–H groups in total. The number of carbonyl (C=O) groups excluding carboxylic acids is 1. The van der Waals surface area contributed by atoms with Crippen LogP contribution in [0.4, 0.5) is 0 Å². The minimum atomic E-state index is -0.380. The van der Waals surface area contributed by atoms with Crippen LogP contribution in [0.25, 0.3) is 0 Å². The second-order valence-electron chi connectivity index (χ2n) is 2.43. The molecule has 0 fully saturated rings. The fourth-order valence-electron chi connectivity index (χ4n) is 0.606. The Morgan fingerprint density at radius 3 is 2.62 bits per heavy atom. The molecule has 0 unspecified atom stereocenters. The predicted octanol–water partition coefficient (Wildman–Crippen LogP) is 0.505. The summed E-state index contributed by atoms with van der Waals surface area (Å²) in [7, 11) is 0. The van der Waals surface area contributed by atoms with Crippen LogP contribution in [-0.4, -0.2) is 37.5 Å². The summed E-state index contributed by atoms with van der Waals surface area (Å²) in [5, 5.41) is 8.35. The van der Waals surface area contributed by atoms with Gasteiger partial charge in [-0.3, -0.25) is 0 Å². The Kier molecular flexibility index (Phi) is 7.24. The summed E-state index contributed by atoms with van der Waals surface area (Å²) in [5.74, 6) is -0.380. The molecule has 0 rings (SSSR count). The smallest absolute Gasteiger partial charge is 0.333 e. The van der Waals surface area contributed by atoms with Crippen LogP contribution < -0.4 is 0 Å². The summed E-state index contributed by atoms with van der Waals surface area (Å²) in [6.45, 7) is 6.14. The second kappa shape index (κ2) is 7.76. The van der Waals surface area contributed by atoms with Crippen molar-refractivity contribution in [2.24, 2.45) is 0 Å². The number of esters is 1. The first-order valence-corrected chi connectivity index (χ1v) is 4.25. The van der Waals surface area contributed by atoms with Gasteiger partial charge in [-0.2, -0.15) is 0 Å². The molecule has 0 amide bonds. The maximum atomic E-state index is 11.0. The number of aliphatic hydroxyl groups excluding tert-OH is 1. The van der Waals surface area contributed by atoms with Crippen molar-refractivity contribution in [2.75, 3.05) is 26.4 Å². The van der Waals surface area contributed by atoms with Gasteiger partial charge in [0.25, 0.3) is 0 Å². The number of carbonyl (C=O) groups is 1. The maximum Gasteiger partial charge on any atom is 0.333 e. The van der Waals surface area contributed by atoms with Crippen molar-refractivity contribution < 1.29 is 19.4 Å². The molecule has 76 valence electrons. The highest BCUT2D eigenvalue weighted by Crippen LogP contribution is 1.98. The summed E-state index contributed by atoms with van der Waals surface area (Å²) < 4.78 is 9.69. The third-order valence-corrected chi connectivity index (χ3v) is 1.41. The van der Waals surface area contributed by atoms with Crippen molar-refractivity contribution >= 4 is 5.97 Å². The first-order chi connectivity index (χ1) is 6.22. The third-order valence-electron chi connectivity index (χ3n) is 1.41. The van der Waals surface area contributed by atoms with Crippen LogP contribution in [0.5, 0.6) is 0 Å². The van der Waals surface area contributed by atoms with Crippen LogP contribution in [0.2, 0.25) is 0 Å². The Bertz CT molecular complexity index is 165. The molecular weight excluding hydrogens is 172 g/mol. The number of hydrogen-bond donors (Lipinski definition) is 1. The molecule has 13 heavy (non-hydrogen) atoms. The summed E-state index contributed by atoms with van der Waals surface area (Å²) >= 11 is 0. The van der Waals surface area contributed by atoms with E-state index in [9.17, 15) is 4.79 Å². The Balaban J connectivity index is 3.32. The summed E-state index contributed by atoms with van der Waals surface area (Å²) in [6.07, 6.45) is 0.594. The molecule has 4 nitrogen and oxygen atoms in total. The molecule has 0 spiro atoms. The molecule has 0 aromatic rings. The quantitative estimate of drug-likeness (QED) is 0.359. The van der Waals surface area contributed by atoms with Crippen LogP contribution in [0.1, 0.15) is 13.3 Å². The first kappa shape index (κ1) is 12.1. The molecule has 0 aromatic carbocycles. The van der Waals surface area contributed by atoms with E-state index < -0.39 is 0 Å². The molecule has 0 saturated carbocycles. The maximum absolute atomic E-state index is 11.0. The van der Waals surface area contributed by atoms with Gasteiger partial charge in [0.05, 0.1) is 19.8 Å². The van der Waals surface area contributed by atoms with Crippen molar-refractivity contribution in [3.05, 3.63) is 12.2 Å². The fourth-order valence-corrected chi connectivity index (χ4v) is 0.606. The lowest BCUT2D eigenvalue weighted by molar-refractivity contribution is -0.140. The molecule has 4 heteroatoms. The number of ether oxygens (including phenoxy) is 2. The minimum absolute atomic E-state index is 0.0182. The highest BCUT2D eigenvalue weighted by Gasteiger charge is 2.04. The largest absolute Gasteiger partial charge is 0.460 e. The van der Waals surface area contributed by atoms with E-state index in [2.05, 4.69) is 6.58 Å². The van der Waals surface area contributed by atoms with Gasteiger partial charge in [-0.25, -0.2) is 4.79 Å². The van der Waals surface area contributed by atoms with Crippen LogP contribution in [0, 0.1) is 0 Å². The van der Waals surface area contributed by atoms with Crippen molar-refractivity contribution in [3.63, 3.8) is 0 Å². The van der Waals surface area contributed by atoms with Gasteiger partial charge in [0, 0.05) is 5.57 Å². The summed E-state index contributed by atoms with van der Waals surface area (Å²) in [4.78, 5) is 11.0. The average Bonchev–Trinajstić information content (AvgIpc) is 2.16. The van der Waals surface area contributed by atoms with Crippen LogP contribution in [0.3, 0.4) is 0 Å². The van der Waals surface area contributed by atoms with Gasteiger partial charge in [-0.15, -0.1) is 0 Å². The Labute approximate surface area is 78.2 Å². The van der Waals surface area contributed by atoms with Crippen molar-refractivity contribution in [1.29, 1.82) is 0 Å². The summed E-state index contributed by atoms with van der Waals surface area (Å²) in [5.41, 5.74) is 0.460. The second-order valence-corrected chi connectivity index (χ2v) is 2.43. The van der Waals surface area contributed by atoms with Crippen LogP contribution >= 0.6 is 0 Å². The standard InChI is InChI=1S/C9H16O4/c1-3-8(2)9(11)13-7-6-12-5-4-10/h10H,2-7H2,1H3. The lowest BCUT2D eigenvalue weighted by Gasteiger charge is -2.05. The molecule has 0 aliphatic heterocycles. The Morgan fingerprint density at radius 1 is 1.38 bits per heavy atom. The first-order valence-electron chi connectivity index (χ1n) is 4.25. The van der Waals surface area contributed by atoms with Gasteiger partial charge in [0.15, 0.2) is 0 Å². The van der Waals surface area contributed by atoms with Gasteiger partial charge in [-0.05, 0) is 6.42 Å². The summed E-state index contributed by atoms with van der Waals surface area (Å²) in [6, 6.07) is 0. The van der Waals surface area contributed by atoms with E-state index in [1.807, 2.05) is 6.92 Å². The van der Waals surface area contributed by atoms with E-state index >= 15 is 0 Å². The van der Waals surface area contributed by atoms with E-state index in [0.29, 0.717) is 18.6 Å². The van der Waals surface area contributed by atoms with Gasteiger partial charge >= 0.3 is 5.97 Å². The Morgan fingerprint density at radius 2 is 2.08 bits per heavy atom. The van der Waals surface area contributed by atoms with Gasteiger partial charge in [0.2, 0.25) is 0 Å². The monoisotopic (exact) mass is 188 g/mol. The number of aliphatic hydroxyl groups is 1. The van der Waals surface area contributed by atoms with Crippen LogP contribution in [-0.2, 0) is 14.3 Å². The van der Waals surface area contributed by atoms with Crippen molar-refractivity contribution in [2.45, 2.75) is 13.3 Å². The highest BCUT2D eigenvalue weighted by molar-refractivity contribution is 5.87. The number of rotatable bonds is 7. The van der Waals surface area contributed by atoms with E-state index in [1.54, 1.807) is 0 Å². The highest BCUT2D eigenvalue weighted by atomic mass is 16.6. The van der Waals surface area contributed by atoms with E-state index in [0.717, 1.165) is 0 Å². The molecule has 0 aromatic heterocycles. The molecule has 0 radical (unpaired) electrons.